The molecule has 0 spiro atoms. The second-order valence-electron chi connectivity index (χ2n) is 9.42. The van der Waals surface area contributed by atoms with Crippen LogP contribution in [-0.4, -0.2) is 46.6 Å². The average Bonchev–Trinajstić information content (AvgIpc) is 3.51. The van der Waals surface area contributed by atoms with Crippen LogP contribution in [0.25, 0.3) is 11.2 Å². The smallest absolute Gasteiger partial charge is 0.263 e. The van der Waals surface area contributed by atoms with Crippen molar-refractivity contribution in [3.05, 3.63) is 30.6 Å². The number of rotatable bonds is 8. The summed E-state index contributed by atoms with van der Waals surface area (Å²) in [6.07, 6.45) is 9.95. The lowest BCUT2D eigenvalue weighted by atomic mass is 9.92. The molecule has 0 aliphatic heterocycles. The first-order chi connectivity index (χ1) is 16.9. The van der Waals surface area contributed by atoms with Gasteiger partial charge in [0.2, 0.25) is 5.95 Å². The van der Waals surface area contributed by atoms with Gasteiger partial charge in [0.05, 0.1) is 17.8 Å². The Kier molecular flexibility index (Phi) is 6.79. The molecule has 0 amide bonds. The summed E-state index contributed by atoms with van der Waals surface area (Å²) < 4.78 is 36.6. The van der Waals surface area contributed by atoms with Crippen LogP contribution in [0.1, 0.15) is 64.3 Å². The molecule has 11 heteroatoms. The summed E-state index contributed by atoms with van der Waals surface area (Å²) >= 11 is 0. The first kappa shape index (κ1) is 23.8. The van der Waals surface area contributed by atoms with E-state index in [4.69, 9.17) is 15.5 Å². The van der Waals surface area contributed by atoms with E-state index in [1.165, 1.54) is 25.0 Å². The Balaban J connectivity index is 1.49. The highest BCUT2D eigenvalue weighted by atomic mass is 32.2. The molecule has 3 aromatic rings. The zero-order chi connectivity index (χ0) is 24.4. The van der Waals surface area contributed by atoms with E-state index in [9.17, 15) is 8.42 Å². The van der Waals surface area contributed by atoms with Gasteiger partial charge in [0.1, 0.15) is 5.75 Å². The number of nitrogens with zero attached hydrogens (tertiary/aromatic N) is 4. The molecule has 35 heavy (non-hydrogen) atoms. The van der Waals surface area contributed by atoms with Crippen molar-refractivity contribution in [2.75, 3.05) is 16.6 Å². The SMILES string of the molecule is CCOc1ccc(S(=O)(=O)Nc2nc(N[C@H]3CC[C@H](N)CC3)nc3c2ncn3C2CCCC2)cc1. The van der Waals surface area contributed by atoms with E-state index in [1.54, 1.807) is 18.5 Å². The van der Waals surface area contributed by atoms with Gasteiger partial charge in [-0.1, -0.05) is 12.8 Å². The number of sulfonamides is 1. The molecular formula is C24H33N7O3S. The van der Waals surface area contributed by atoms with Gasteiger partial charge in [-0.05, 0) is 69.7 Å². The van der Waals surface area contributed by atoms with E-state index in [1.807, 2.05) is 6.92 Å². The minimum absolute atomic E-state index is 0.124. The number of imidazole rings is 1. The standard InChI is InChI=1S/C24H33N7O3S/c1-2-34-19-11-13-20(14-12-19)35(32,33)30-22-21-23(31(15-26-21)18-5-3-4-6-18)29-24(28-22)27-17-9-7-16(25)8-10-17/h11-18H,2-10,25H2,1H3,(H2,27,28,29,30)/t16-,17-. The normalized spacial score (nSPS) is 21.3. The molecule has 10 nitrogen and oxygen atoms in total. The molecule has 2 fully saturated rings. The first-order valence-electron chi connectivity index (χ1n) is 12.5. The number of benzene rings is 1. The molecule has 0 saturated heterocycles. The van der Waals surface area contributed by atoms with Crippen LogP contribution in [0.15, 0.2) is 35.5 Å². The third-order valence-electron chi connectivity index (χ3n) is 6.92. The molecule has 0 atom stereocenters. The zero-order valence-electron chi connectivity index (χ0n) is 20.0. The molecule has 188 valence electrons. The quantitative estimate of drug-likeness (QED) is 0.425. The largest absolute Gasteiger partial charge is 0.494 e. The number of nitrogens with one attached hydrogen (secondary N) is 2. The summed E-state index contributed by atoms with van der Waals surface area (Å²) in [5.41, 5.74) is 7.15. The van der Waals surface area contributed by atoms with Crippen molar-refractivity contribution in [1.29, 1.82) is 0 Å². The molecule has 2 aliphatic rings. The third-order valence-corrected chi connectivity index (χ3v) is 8.28. The van der Waals surface area contributed by atoms with Crippen molar-refractivity contribution >= 4 is 33.0 Å². The summed E-state index contributed by atoms with van der Waals surface area (Å²) in [6, 6.07) is 7.07. The van der Waals surface area contributed by atoms with Crippen molar-refractivity contribution < 1.29 is 13.2 Å². The molecule has 5 rings (SSSR count). The molecule has 0 unspecified atom stereocenters. The predicted molar refractivity (Wildman–Crippen MR) is 135 cm³/mol. The van der Waals surface area contributed by atoms with Gasteiger partial charge < -0.3 is 20.4 Å². The maximum atomic E-state index is 13.2. The Morgan fingerprint density at radius 3 is 2.46 bits per heavy atom. The topological polar surface area (TPSA) is 137 Å². The van der Waals surface area contributed by atoms with E-state index >= 15 is 0 Å². The van der Waals surface area contributed by atoms with E-state index in [2.05, 4.69) is 24.6 Å². The Labute approximate surface area is 205 Å². The van der Waals surface area contributed by atoms with E-state index < -0.39 is 10.0 Å². The van der Waals surface area contributed by atoms with Crippen LogP contribution in [0.4, 0.5) is 11.8 Å². The van der Waals surface area contributed by atoms with Gasteiger partial charge in [-0.2, -0.15) is 9.97 Å². The van der Waals surface area contributed by atoms with Crippen molar-refractivity contribution in [3.8, 4) is 5.75 Å². The number of hydrogen-bond donors (Lipinski definition) is 3. The van der Waals surface area contributed by atoms with Crippen molar-refractivity contribution in [2.24, 2.45) is 5.73 Å². The van der Waals surface area contributed by atoms with Crippen LogP contribution < -0.4 is 20.5 Å². The van der Waals surface area contributed by atoms with Gasteiger partial charge in [0, 0.05) is 18.1 Å². The Bertz CT molecular complexity index is 1260. The van der Waals surface area contributed by atoms with Crippen LogP contribution in [0.3, 0.4) is 0 Å². The van der Waals surface area contributed by atoms with Gasteiger partial charge >= 0.3 is 0 Å². The number of fused-ring (bicyclic) bond motifs is 1. The van der Waals surface area contributed by atoms with Gasteiger partial charge in [-0.15, -0.1) is 0 Å². The minimum atomic E-state index is -3.89. The van der Waals surface area contributed by atoms with E-state index in [0.29, 0.717) is 35.5 Å². The summed E-state index contributed by atoms with van der Waals surface area (Å²) in [5.74, 6) is 1.20. The Morgan fingerprint density at radius 1 is 1.06 bits per heavy atom. The summed E-state index contributed by atoms with van der Waals surface area (Å²) in [5, 5.41) is 3.42. The maximum absolute atomic E-state index is 13.2. The molecule has 1 aromatic carbocycles. The lowest BCUT2D eigenvalue weighted by Crippen LogP contribution is -2.33. The highest BCUT2D eigenvalue weighted by Gasteiger charge is 2.25. The molecule has 2 aromatic heterocycles. The van der Waals surface area contributed by atoms with Crippen LogP contribution in [0.5, 0.6) is 5.75 Å². The summed E-state index contributed by atoms with van der Waals surface area (Å²) in [7, 11) is -3.89. The van der Waals surface area contributed by atoms with Gasteiger partial charge in [-0.3, -0.25) is 4.72 Å². The average molecular weight is 500 g/mol. The van der Waals surface area contributed by atoms with E-state index in [-0.39, 0.29) is 22.8 Å². The fourth-order valence-corrected chi connectivity index (χ4v) is 6.02. The second kappa shape index (κ2) is 9.98. The maximum Gasteiger partial charge on any atom is 0.263 e. The molecule has 2 heterocycles. The second-order valence-corrected chi connectivity index (χ2v) is 11.1. The van der Waals surface area contributed by atoms with Crippen molar-refractivity contribution in [1.82, 2.24) is 19.5 Å². The Morgan fingerprint density at radius 2 is 1.77 bits per heavy atom. The monoisotopic (exact) mass is 499 g/mol. The highest BCUT2D eigenvalue weighted by molar-refractivity contribution is 7.92. The lowest BCUT2D eigenvalue weighted by molar-refractivity contribution is 0.340. The number of ether oxygens (including phenoxy) is 1. The Hall–Kier alpha value is -2.92. The number of anilines is 2. The summed E-state index contributed by atoms with van der Waals surface area (Å²) in [6.45, 7) is 2.39. The molecular weight excluding hydrogens is 466 g/mol. The minimum Gasteiger partial charge on any atom is -0.494 e. The van der Waals surface area contributed by atoms with Crippen molar-refractivity contribution in [3.63, 3.8) is 0 Å². The zero-order valence-corrected chi connectivity index (χ0v) is 20.8. The molecule has 2 saturated carbocycles. The summed E-state index contributed by atoms with van der Waals surface area (Å²) in [4.78, 5) is 14.0. The van der Waals surface area contributed by atoms with Crippen molar-refractivity contribution in [2.45, 2.75) is 81.3 Å². The lowest BCUT2D eigenvalue weighted by Gasteiger charge is -2.27. The van der Waals surface area contributed by atoms with E-state index in [0.717, 1.165) is 38.5 Å². The third kappa shape index (κ3) is 5.20. The van der Waals surface area contributed by atoms with Gasteiger partial charge in [-0.25, -0.2) is 13.4 Å². The highest BCUT2D eigenvalue weighted by Crippen LogP contribution is 2.34. The number of nitrogens with two attached hydrogens (primary N) is 1. The number of hydrogen-bond acceptors (Lipinski definition) is 8. The van der Waals surface area contributed by atoms with Crippen LogP contribution >= 0.6 is 0 Å². The van der Waals surface area contributed by atoms with Crippen LogP contribution in [0.2, 0.25) is 0 Å². The number of aromatic nitrogens is 4. The molecule has 0 radical (unpaired) electrons. The first-order valence-corrected chi connectivity index (χ1v) is 13.9. The predicted octanol–water partition coefficient (Wildman–Crippen LogP) is 3.82. The van der Waals surface area contributed by atoms with Gasteiger partial charge in [0.15, 0.2) is 17.0 Å². The van der Waals surface area contributed by atoms with Crippen LogP contribution in [-0.2, 0) is 10.0 Å². The van der Waals surface area contributed by atoms with Crippen LogP contribution in [0, 0.1) is 0 Å². The molecule has 0 bridgehead atoms. The van der Waals surface area contributed by atoms with Gasteiger partial charge in [0.25, 0.3) is 10.0 Å². The molecule has 2 aliphatic carbocycles. The fraction of sp³-hybridized carbons (Fsp3) is 0.542. The fourth-order valence-electron chi connectivity index (χ4n) is 5.02. The molecule has 4 N–H and O–H groups in total.